The molecule has 0 aliphatic heterocycles. The number of hydrogen-bond acceptors (Lipinski definition) is 3. The van der Waals surface area contributed by atoms with Gasteiger partial charge < -0.3 is 15.0 Å². The van der Waals surface area contributed by atoms with Crippen LogP contribution in [0.15, 0.2) is 42.6 Å². The van der Waals surface area contributed by atoms with Gasteiger partial charge in [-0.3, -0.25) is 4.79 Å². The molecule has 1 saturated carbocycles. The molecule has 4 rings (SSSR count). The van der Waals surface area contributed by atoms with Crippen LogP contribution >= 0.6 is 11.6 Å². The number of ether oxygens (including phenoxy) is 1. The minimum Gasteiger partial charge on any atom is -0.477 e. The highest BCUT2D eigenvalue weighted by Gasteiger charge is 2.22. The van der Waals surface area contributed by atoms with E-state index < -0.39 is 0 Å². The van der Waals surface area contributed by atoms with Crippen LogP contribution in [0.5, 0.6) is 5.88 Å². The zero-order valence-electron chi connectivity index (χ0n) is 13.6. The molecule has 1 fully saturated rings. The third kappa shape index (κ3) is 3.61. The van der Waals surface area contributed by atoms with Crippen LogP contribution in [-0.4, -0.2) is 22.5 Å². The molecule has 2 aromatic heterocycles. The van der Waals surface area contributed by atoms with Crippen LogP contribution < -0.4 is 10.1 Å². The molecule has 25 heavy (non-hydrogen) atoms. The molecular formula is C19H18ClN3O2. The topological polar surface area (TPSA) is 67.0 Å². The maximum absolute atomic E-state index is 12.4. The van der Waals surface area contributed by atoms with Gasteiger partial charge in [0.15, 0.2) is 0 Å². The predicted molar refractivity (Wildman–Crippen MR) is 96.9 cm³/mol. The molecule has 2 heterocycles. The van der Waals surface area contributed by atoms with Gasteiger partial charge in [0, 0.05) is 29.7 Å². The van der Waals surface area contributed by atoms with Crippen LogP contribution in [0, 0.1) is 5.92 Å². The fourth-order valence-electron chi connectivity index (χ4n) is 2.62. The quantitative estimate of drug-likeness (QED) is 0.704. The molecule has 1 amide bonds. The lowest BCUT2D eigenvalue weighted by molar-refractivity contribution is 0.0947. The first-order valence-corrected chi connectivity index (χ1v) is 8.70. The van der Waals surface area contributed by atoms with E-state index in [0.717, 1.165) is 23.1 Å². The van der Waals surface area contributed by atoms with Gasteiger partial charge in [-0.15, -0.1) is 0 Å². The fraction of sp³-hybridized carbons (Fsp3) is 0.263. The molecule has 1 aromatic carbocycles. The van der Waals surface area contributed by atoms with Crippen molar-refractivity contribution < 1.29 is 9.53 Å². The molecule has 0 saturated heterocycles. The number of aromatic amines is 1. The Labute approximate surface area is 150 Å². The van der Waals surface area contributed by atoms with Crippen molar-refractivity contribution in [2.75, 3.05) is 6.61 Å². The van der Waals surface area contributed by atoms with Crippen LogP contribution in [0.1, 0.15) is 28.9 Å². The van der Waals surface area contributed by atoms with Crippen LogP contribution in [0.25, 0.3) is 10.9 Å². The molecule has 1 aliphatic carbocycles. The van der Waals surface area contributed by atoms with Crippen molar-refractivity contribution in [3.05, 3.63) is 58.9 Å². The summed E-state index contributed by atoms with van der Waals surface area (Å²) in [7, 11) is 0. The van der Waals surface area contributed by atoms with E-state index in [1.54, 1.807) is 6.20 Å². The lowest BCUT2D eigenvalue weighted by Gasteiger charge is -2.07. The summed E-state index contributed by atoms with van der Waals surface area (Å²) < 4.78 is 5.61. The second-order valence-corrected chi connectivity index (χ2v) is 6.68. The van der Waals surface area contributed by atoms with Crippen molar-refractivity contribution in [2.24, 2.45) is 5.92 Å². The number of carbonyl (C=O) groups excluding carboxylic acids is 1. The van der Waals surface area contributed by atoms with Crippen molar-refractivity contribution in [3.8, 4) is 5.88 Å². The Kier molecular flexibility index (Phi) is 4.32. The van der Waals surface area contributed by atoms with E-state index in [0.29, 0.717) is 29.1 Å². The number of halogens is 1. The highest BCUT2D eigenvalue weighted by molar-refractivity contribution is 6.38. The highest BCUT2D eigenvalue weighted by atomic mass is 35.5. The molecule has 6 heteroatoms. The van der Waals surface area contributed by atoms with Crippen LogP contribution in [0.2, 0.25) is 5.02 Å². The van der Waals surface area contributed by atoms with Crippen LogP contribution in [-0.2, 0) is 6.54 Å². The van der Waals surface area contributed by atoms with Gasteiger partial charge in [-0.05, 0) is 30.4 Å². The Hall–Kier alpha value is -2.53. The summed E-state index contributed by atoms with van der Waals surface area (Å²) in [5, 5.41) is 4.14. The molecular weight excluding hydrogens is 338 g/mol. The Morgan fingerprint density at radius 3 is 2.84 bits per heavy atom. The predicted octanol–water partition coefficient (Wildman–Crippen LogP) is 3.94. The van der Waals surface area contributed by atoms with Crippen LogP contribution in [0.4, 0.5) is 0 Å². The third-order valence-corrected chi connectivity index (χ3v) is 4.68. The van der Waals surface area contributed by atoms with Gasteiger partial charge in [0.2, 0.25) is 5.88 Å². The maximum Gasteiger partial charge on any atom is 0.269 e. The molecule has 2 N–H and O–H groups in total. The van der Waals surface area contributed by atoms with Gasteiger partial charge in [0.05, 0.1) is 11.6 Å². The number of aromatic nitrogens is 2. The first kappa shape index (κ1) is 16.0. The van der Waals surface area contributed by atoms with E-state index in [9.17, 15) is 4.79 Å². The molecule has 0 spiro atoms. The molecule has 5 nitrogen and oxygen atoms in total. The van der Waals surface area contributed by atoms with Gasteiger partial charge in [0.1, 0.15) is 5.69 Å². The third-order valence-electron chi connectivity index (χ3n) is 4.28. The molecule has 0 radical (unpaired) electrons. The number of nitrogens with one attached hydrogen (secondary N) is 2. The Morgan fingerprint density at radius 1 is 1.28 bits per heavy atom. The van der Waals surface area contributed by atoms with Gasteiger partial charge in [-0.2, -0.15) is 0 Å². The lowest BCUT2D eigenvalue weighted by atomic mass is 10.2. The molecule has 128 valence electrons. The summed E-state index contributed by atoms with van der Waals surface area (Å²) in [6.07, 6.45) is 4.22. The first-order valence-electron chi connectivity index (χ1n) is 8.33. The molecule has 1 aliphatic rings. The maximum atomic E-state index is 12.4. The van der Waals surface area contributed by atoms with Crippen molar-refractivity contribution in [1.82, 2.24) is 15.3 Å². The summed E-state index contributed by atoms with van der Waals surface area (Å²) in [6.45, 7) is 1.11. The largest absolute Gasteiger partial charge is 0.477 e. The van der Waals surface area contributed by atoms with E-state index in [1.807, 2.05) is 36.4 Å². The number of para-hydroxylation sites is 1. The van der Waals surface area contributed by atoms with Crippen molar-refractivity contribution >= 4 is 28.4 Å². The number of H-pyrrole nitrogens is 1. The van der Waals surface area contributed by atoms with Gasteiger partial charge in [-0.25, -0.2) is 4.98 Å². The number of fused-ring (bicyclic) bond motifs is 1. The summed E-state index contributed by atoms with van der Waals surface area (Å²) in [5.74, 6) is 1.08. The lowest BCUT2D eigenvalue weighted by Crippen LogP contribution is -2.23. The average molecular weight is 356 g/mol. The minimum absolute atomic E-state index is 0.241. The SMILES string of the molecule is O=C(NCc1ccc(OCC2CC2)nc1)c1[nH]c2ccccc2c1Cl. The monoisotopic (exact) mass is 355 g/mol. The zero-order valence-corrected chi connectivity index (χ0v) is 14.3. The molecule has 0 bridgehead atoms. The Balaban J connectivity index is 1.38. The van der Waals surface area contributed by atoms with Gasteiger partial charge >= 0.3 is 0 Å². The van der Waals surface area contributed by atoms with Gasteiger partial charge in [0.25, 0.3) is 5.91 Å². The number of hydrogen-bond donors (Lipinski definition) is 2. The van der Waals surface area contributed by atoms with E-state index in [-0.39, 0.29) is 5.91 Å². The van der Waals surface area contributed by atoms with Gasteiger partial charge in [-0.1, -0.05) is 35.9 Å². The number of rotatable bonds is 6. The second kappa shape index (κ2) is 6.76. The average Bonchev–Trinajstić information content (AvgIpc) is 3.42. The number of carbonyl (C=O) groups is 1. The van der Waals surface area contributed by atoms with Crippen molar-refractivity contribution in [2.45, 2.75) is 19.4 Å². The molecule has 3 aromatic rings. The smallest absolute Gasteiger partial charge is 0.269 e. The van der Waals surface area contributed by atoms with Crippen molar-refractivity contribution in [3.63, 3.8) is 0 Å². The van der Waals surface area contributed by atoms with E-state index in [1.165, 1.54) is 12.8 Å². The summed E-state index contributed by atoms with van der Waals surface area (Å²) in [4.78, 5) is 19.7. The highest BCUT2D eigenvalue weighted by Crippen LogP contribution is 2.29. The van der Waals surface area contributed by atoms with E-state index in [4.69, 9.17) is 16.3 Å². The van der Waals surface area contributed by atoms with Crippen LogP contribution in [0.3, 0.4) is 0 Å². The number of amides is 1. The minimum atomic E-state index is -0.241. The number of pyridine rings is 1. The van der Waals surface area contributed by atoms with E-state index >= 15 is 0 Å². The zero-order chi connectivity index (χ0) is 17.2. The normalized spacial score (nSPS) is 13.8. The number of benzene rings is 1. The standard InChI is InChI=1S/C19H18ClN3O2/c20-17-14-3-1-2-4-15(14)23-18(17)19(24)22-10-13-7-8-16(21-9-13)25-11-12-5-6-12/h1-4,7-9,12,23H,5-6,10-11H2,(H,22,24). The Bertz CT molecular complexity index is 901. The number of nitrogens with zero attached hydrogens (tertiary/aromatic N) is 1. The molecule has 0 atom stereocenters. The summed E-state index contributed by atoms with van der Waals surface area (Å²) in [6, 6.07) is 11.3. The fourth-order valence-corrected chi connectivity index (χ4v) is 2.92. The first-order chi connectivity index (χ1) is 12.2. The van der Waals surface area contributed by atoms with Crippen molar-refractivity contribution in [1.29, 1.82) is 0 Å². The molecule has 0 unspecified atom stereocenters. The summed E-state index contributed by atoms with van der Waals surface area (Å²) in [5.41, 5.74) is 2.12. The summed E-state index contributed by atoms with van der Waals surface area (Å²) >= 11 is 6.30. The Morgan fingerprint density at radius 2 is 2.12 bits per heavy atom. The second-order valence-electron chi connectivity index (χ2n) is 6.30. The van der Waals surface area contributed by atoms with E-state index in [2.05, 4.69) is 15.3 Å².